The first-order valence-electron chi connectivity index (χ1n) is 9.08. The van der Waals surface area contributed by atoms with E-state index in [4.69, 9.17) is 0 Å². The van der Waals surface area contributed by atoms with Gasteiger partial charge in [0, 0.05) is 44.6 Å². The highest BCUT2D eigenvalue weighted by Crippen LogP contribution is 2.22. The predicted octanol–water partition coefficient (Wildman–Crippen LogP) is 1.67. The molecule has 3 aromatic rings. The van der Waals surface area contributed by atoms with Crippen molar-refractivity contribution < 1.29 is 4.79 Å². The van der Waals surface area contributed by atoms with Gasteiger partial charge in [0.1, 0.15) is 11.7 Å². The van der Waals surface area contributed by atoms with Crippen LogP contribution < -0.4 is 10.5 Å². The molecule has 0 unspecified atom stereocenters. The van der Waals surface area contributed by atoms with E-state index in [1.807, 2.05) is 17.5 Å². The number of thiophene rings is 1. The Kier molecular flexibility index (Phi) is 5.16. The fourth-order valence-electron chi connectivity index (χ4n) is 3.21. The van der Waals surface area contributed by atoms with E-state index in [-0.39, 0.29) is 11.5 Å². The van der Waals surface area contributed by atoms with Gasteiger partial charge in [0.25, 0.3) is 5.56 Å². The Bertz CT molecular complexity index is 997. The van der Waals surface area contributed by atoms with Crippen molar-refractivity contribution >= 4 is 23.2 Å². The van der Waals surface area contributed by atoms with Gasteiger partial charge < -0.3 is 9.80 Å². The molecule has 9 heteroatoms. The van der Waals surface area contributed by atoms with Crippen LogP contribution in [0.4, 0.5) is 5.95 Å². The third-order valence-electron chi connectivity index (χ3n) is 4.75. The van der Waals surface area contributed by atoms with Gasteiger partial charge in [-0.05, 0) is 30.5 Å². The summed E-state index contributed by atoms with van der Waals surface area (Å²) in [5.41, 5.74) is 0.415. The molecule has 0 saturated carbocycles. The lowest BCUT2D eigenvalue weighted by molar-refractivity contribution is -0.135. The molecule has 144 valence electrons. The Labute approximate surface area is 166 Å². The molecular formula is C19H20N6O2S. The Morgan fingerprint density at radius 3 is 2.50 bits per heavy atom. The summed E-state index contributed by atoms with van der Waals surface area (Å²) in [6.45, 7) is 4.14. The summed E-state index contributed by atoms with van der Waals surface area (Å²) in [5, 5.41) is 6.39. The van der Waals surface area contributed by atoms with Gasteiger partial charge in [-0.25, -0.2) is 14.6 Å². The molecule has 1 amide bonds. The van der Waals surface area contributed by atoms with Crippen LogP contribution in [-0.4, -0.2) is 56.7 Å². The van der Waals surface area contributed by atoms with E-state index in [0.29, 0.717) is 37.8 Å². The Hall–Kier alpha value is -3.07. The van der Waals surface area contributed by atoms with Crippen LogP contribution >= 0.6 is 11.3 Å². The molecule has 0 bridgehead atoms. The summed E-state index contributed by atoms with van der Waals surface area (Å²) in [5.74, 6) is 0.566. The van der Waals surface area contributed by atoms with Crippen molar-refractivity contribution in [1.82, 2.24) is 24.6 Å². The van der Waals surface area contributed by atoms with E-state index in [1.165, 1.54) is 10.7 Å². The van der Waals surface area contributed by atoms with Gasteiger partial charge in [-0.15, -0.1) is 11.3 Å². The van der Waals surface area contributed by atoms with Gasteiger partial charge in [0.2, 0.25) is 11.9 Å². The number of rotatable bonds is 4. The lowest BCUT2D eigenvalue weighted by Gasteiger charge is -2.35. The minimum Gasteiger partial charge on any atom is -0.337 e. The molecule has 1 aliphatic heterocycles. The molecule has 1 fully saturated rings. The Morgan fingerprint density at radius 1 is 1.07 bits per heavy atom. The lowest BCUT2D eigenvalue weighted by atomic mass is 10.2. The second kappa shape index (κ2) is 7.89. The van der Waals surface area contributed by atoms with Crippen LogP contribution in [0.25, 0.3) is 10.6 Å². The zero-order valence-corrected chi connectivity index (χ0v) is 16.2. The molecule has 1 aliphatic rings. The van der Waals surface area contributed by atoms with Crippen LogP contribution in [0, 0.1) is 0 Å². The summed E-state index contributed by atoms with van der Waals surface area (Å²) < 4.78 is 1.28. The maximum Gasteiger partial charge on any atom is 0.267 e. The highest BCUT2D eigenvalue weighted by Gasteiger charge is 2.27. The predicted molar refractivity (Wildman–Crippen MR) is 107 cm³/mol. The molecular weight excluding hydrogens is 376 g/mol. The number of carbonyl (C=O) groups excluding carboxylic acids is 1. The van der Waals surface area contributed by atoms with E-state index < -0.39 is 6.04 Å². The first-order valence-corrected chi connectivity index (χ1v) is 9.96. The highest BCUT2D eigenvalue weighted by atomic mass is 32.1. The van der Waals surface area contributed by atoms with Gasteiger partial charge in [-0.2, -0.15) is 5.10 Å². The van der Waals surface area contributed by atoms with Crippen molar-refractivity contribution in [2.45, 2.75) is 13.0 Å². The number of aromatic nitrogens is 4. The zero-order valence-electron chi connectivity index (χ0n) is 15.4. The molecule has 8 nitrogen and oxygen atoms in total. The molecule has 4 heterocycles. The molecule has 0 spiro atoms. The van der Waals surface area contributed by atoms with E-state index in [1.54, 1.807) is 47.7 Å². The Balaban J connectivity index is 1.47. The van der Waals surface area contributed by atoms with Crippen molar-refractivity contribution in [2.75, 3.05) is 31.1 Å². The van der Waals surface area contributed by atoms with Crippen LogP contribution in [0.1, 0.15) is 13.0 Å². The summed E-state index contributed by atoms with van der Waals surface area (Å²) >= 11 is 1.55. The molecule has 0 aliphatic carbocycles. The van der Waals surface area contributed by atoms with Crippen molar-refractivity contribution in [3.8, 4) is 10.6 Å². The van der Waals surface area contributed by atoms with Crippen molar-refractivity contribution in [3.63, 3.8) is 0 Å². The SMILES string of the molecule is C[C@@H](C(=O)N1CCN(c2ncccn2)CC1)n1nc(-c2cccs2)ccc1=O. The van der Waals surface area contributed by atoms with E-state index in [2.05, 4.69) is 20.0 Å². The quantitative estimate of drug-likeness (QED) is 0.667. The topological polar surface area (TPSA) is 84.2 Å². The summed E-state index contributed by atoms with van der Waals surface area (Å²) in [6.07, 6.45) is 3.42. The maximum absolute atomic E-state index is 13.0. The largest absolute Gasteiger partial charge is 0.337 e. The van der Waals surface area contributed by atoms with Crippen LogP contribution in [0.2, 0.25) is 0 Å². The molecule has 4 rings (SSSR count). The van der Waals surface area contributed by atoms with E-state index in [0.717, 1.165) is 4.88 Å². The van der Waals surface area contributed by atoms with E-state index in [9.17, 15) is 9.59 Å². The summed E-state index contributed by atoms with van der Waals surface area (Å²) in [7, 11) is 0. The van der Waals surface area contributed by atoms with Crippen molar-refractivity contribution in [1.29, 1.82) is 0 Å². The fraction of sp³-hybridized carbons (Fsp3) is 0.316. The van der Waals surface area contributed by atoms with Gasteiger partial charge in [0.05, 0.1) is 4.88 Å². The molecule has 0 N–H and O–H groups in total. The molecule has 0 radical (unpaired) electrons. The Morgan fingerprint density at radius 2 is 1.82 bits per heavy atom. The average molecular weight is 396 g/mol. The van der Waals surface area contributed by atoms with Crippen LogP contribution in [0.5, 0.6) is 0 Å². The minimum absolute atomic E-state index is 0.105. The molecule has 1 atom stereocenters. The normalized spacial score (nSPS) is 15.5. The second-order valence-electron chi connectivity index (χ2n) is 6.52. The minimum atomic E-state index is -0.660. The van der Waals surface area contributed by atoms with Gasteiger partial charge in [-0.1, -0.05) is 6.07 Å². The zero-order chi connectivity index (χ0) is 19.5. The number of hydrogen-bond donors (Lipinski definition) is 0. The first kappa shape index (κ1) is 18.3. The number of nitrogens with zero attached hydrogens (tertiary/aromatic N) is 6. The molecule has 28 heavy (non-hydrogen) atoms. The van der Waals surface area contributed by atoms with Crippen LogP contribution in [-0.2, 0) is 4.79 Å². The van der Waals surface area contributed by atoms with E-state index >= 15 is 0 Å². The smallest absolute Gasteiger partial charge is 0.267 e. The number of amides is 1. The number of hydrogen-bond acceptors (Lipinski definition) is 7. The van der Waals surface area contributed by atoms with Crippen LogP contribution in [0.15, 0.2) is 52.9 Å². The standard InChI is InChI=1S/C19H20N6O2S/c1-14(25-17(26)6-5-15(22-25)16-4-2-13-28-16)18(27)23-9-11-24(12-10-23)19-20-7-3-8-21-19/h2-8,13-14H,9-12H2,1H3/t14-/m0/s1. The monoisotopic (exact) mass is 396 g/mol. The number of carbonyl (C=O) groups is 1. The third-order valence-corrected chi connectivity index (χ3v) is 5.64. The molecule has 3 aromatic heterocycles. The third kappa shape index (κ3) is 3.65. The maximum atomic E-state index is 13.0. The molecule has 0 aromatic carbocycles. The van der Waals surface area contributed by atoms with Gasteiger partial charge in [-0.3, -0.25) is 9.59 Å². The average Bonchev–Trinajstić information content (AvgIpc) is 3.29. The highest BCUT2D eigenvalue weighted by molar-refractivity contribution is 7.13. The van der Waals surface area contributed by atoms with Crippen molar-refractivity contribution in [3.05, 3.63) is 58.5 Å². The number of piperazine rings is 1. The van der Waals surface area contributed by atoms with Crippen molar-refractivity contribution in [2.24, 2.45) is 0 Å². The number of anilines is 1. The summed E-state index contributed by atoms with van der Waals surface area (Å²) in [4.78, 5) is 38.6. The summed E-state index contributed by atoms with van der Waals surface area (Å²) in [6, 6.07) is 8.16. The first-order chi connectivity index (χ1) is 13.6. The second-order valence-corrected chi connectivity index (χ2v) is 7.46. The molecule has 1 saturated heterocycles. The lowest BCUT2D eigenvalue weighted by Crippen LogP contribution is -2.51. The van der Waals surface area contributed by atoms with Gasteiger partial charge >= 0.3 is 0 Å². The fourth-order valence-corrected chi connectivity index (χ4v) is 3.90. The van der Waals surface area contributed by atoms with Gasteiger partial charge in [0.15, 0.2) is 0 Å². The van der Waals surface area contributed by atoms with Crippen LogP contribution in [0.3, 0.4) is 0 Å².